The van der Waals surface area contributed by atoms with Crippen LogP contribution in [0, 0.1) is 0 Å². The quantitative estimate of drug-likeness (QED) is 0.0169. The lowest BCUT2D eigenvalue weighted by Gasteiger charge is -2.21. The number of phosphoric acid groups is 2. The molecule has 0 bridgehead atoms. The number of allylic oxidation sites excluding steroid dienone is 30. The largest absolute Gasteiger partial charge is 0.472 e. The van der Waals surface area contributed by atoms with E-state index in [1.807, 2.05) is 24.3 Å². The molecule has 0 rings (SSSR count). The highest BCUT2D eigenvalue weighted by atomic mass is 31.2. The Bertz CT molecular complexity index is 2730. The molecular formula is C87H140O17P2. The molecule has 0 heterocycles. The molecule has 17 nitrogen and oxygen atoms in total. The molecule has 0 amide bonds. The summed E-state index contributed by atoms with van der Waals surface area (Å²) < 4.78 is 68.5. The van der Waals surface area contributed by atoms with Crippen molar-refractivity contribution in [1.82, 2.24) is 0 Å². The number of hydrogen-bond donors (Lipinski definition) is 3. The number of hydrogen-bond acceptors (Lipinski definition) is 15. The minimum absolute atomic E-state index is 0.00308. The fourth-order valence-corrected chi connectivity index (χ4v) is 11.4. The van der Waals surface area contributed by atoms with Crippen molar-refractivity contribution in [3.63, 3.8) is 0 Å². The van der Waals surface area contributed by atoms with Crippen molar-refractivity contribution in [3.05, 3.63) is 182 Å². The molecule has 5 atom stereocenters. The molecule has 0 aromatic rings. The summed E-state index contributed by atoms with van der Waals surface area (Å²) in [5.41, 5.74) is 0. The molecule has 0 aliphatic rings. The molecule has 0 radical (unpaired) electrons. The average molecular weight is 1520 g/mol. The Kier molecular flexibility index (Phi) is 73.1. The number of aliphatic hydroxyl groups excluding tert-OH is 1. The summed E-state index contributed by atoms with van der Waals surface area (Å²) in [7, 11) is -10.0. The van der Waals surface area contributed by atoms with Crippen LogP contribution in [-0.4, -0.2) is 96.7 Å². The van der Waals surface area contributed by atoms with Crippen molar-refractivity contribution in [2.75, 3.05) is 39.6 Å². The van der Waals surface area contributed by atoms with Gasteiger partial charge in [0.25, 0.3) is 0 Å². The molecule has 19 heteroatoms. The van der Waals surface area contributed by atoms with Crippen molar-refractivity contribution in [2.45, 2.75) is 303 Å². The fraction of sp³-hybridized carbons (Fsp3) is 0.609. The normalized spacial score (nSPS) is 14.8. The number of carbonyl (C=O) groups excluding carboxylic acids is 4. The third-order valence-electron chi connectivity index (χ3n) is 15.8. The number of rotatable bonds is 73. The van der Waals surface area contributed by atoms with E-state index in [0.717, 1.165) is 173 Å². The van der Waals surface area contributed by atoms with E-state index in [2.05, 4.69) is 186 Å². The number of esters is 4. The number of phosphoric ester groups is 2. The third kappa shape index (κ3) is 76.4. The molecule has 0 aromatic carbocycles. The zero-order valence-corrected chi connectivity index (χ0v) is 67.3. The molecule has 0 fully saturated rings. The first-order valence-corrected chi connectivity index (χ1v) is 43.0. The highest BCUT2D eigenvalue weighted by Gasteiger charge is 2.30. The van der Waals surface area contributed by atoms with Gasteiger partial charge in [-0.15, -0.1) is 0 Å². The number of unbranched alkanes of at least 4 members (excludes halogenated alkanes) is 17. The summed E-state index contributed by atoms with van der Waals surface area (Å²) in [6, 6.07) is 0. The first-order chi connectivity index (χ1) is 51.7. The van der Waals surface area contributed by atoms with E-state index >= 15 is 0 Å². The molecule has 0 aromatic heterocycles. The van der Waals surface area contributed by atoms with Gasteiger partial charge < -0.3 is 33.8 Å². The van der Waals surface area contributed by atoms with Crippen LogP contribution in [0.15, 0.2) is 182 Å². The molecule has 5 unspecified atom stereocenters. The number of aliphatic hydroxyl groups is 1. The van der Waals surface area contributed by atoms with Gasteiger partial charge in [-0.25, -0.2) is 9.13 Å². The molecule has 0 aliphatic carbocycles. The lowest BCUT2D eigenvalue weighted by molar-refractivity contribution is -0.161. The first kappa shape index (κ1) is 100. The van der Waals surface area contributed by atoms with E-state index < -0.39 is 97.5 Å². The highest BCUT2D eigenvalue weighted by molar-refractivity contribution is 7.47. The number of carbonyl (C=O) groups is 4. The summed E-state index contributed by atoms with van der Waals surface area (Å²) in [5.74, 6) is -2.35. The Labute approximate surface area is 641 Å². The van der Waals surface area contributed by atoms with E-state index in [4.69, 9.17) is 37.0 Å². The lowest BCUT2D eigenvalue weighted by atomic mass is 10.1. The van der Waals surface area contributed by atoms with Crippen LogP contribution in [0.25, 0.3) is 0 Å². The van der Waals surface area contributed by atoms with Gasteiger partial charge in [0.1, 0.15) is 19.3 Å². The maximum atomic E-state index is 13.1. The third-order valence-corrected chi connectivity index (χ3v) is 17.7. The van der Waals surface area contributed by atoms with Gasteiger partial charge in [0.05, 0.1) is 26.4 Å². The second-order valence-corrected chi connectivity index (χ2v) is 28.8. The van der Waals surface area contributed by atoms with E-state index in [1.165, 1.54) is 19.3 Å². The van der Waals surface area contributed by atoms with Crippen molar-refractivity contribution in [1.29, 1.82) is 0 Å². The van der Waals surface area contributed by atoms with Gasteiger partial charge in [0.15, 0.2) is 12.2 Å². The Morgan fingerprint density at radius 3 is 0.802 bits per heavy atom. The second kappa shape index (κ2) is 77.3. The second-order valence-electron chi connectivity index (χ2n) is 25.9. The van der Waals surface area contributed by atoms with Crippen molar-refractivity contribution < 1.29 is 80.2 Å². The Morgan fingerprint density at radius 1 is 0.274 bits per heavy atom. The van der Waals surface area contributed by atoms with Crippen molar-refractivity contribution in [3.8, 4) is 0 Å². The van der Waals surface area contributed by atoms with Crippen molar-refractivity contribution in [2.24, 2.45) is 0 Å². The van der Waals surface area contributed by atoms with Crippen LogP contribution in [0.3, 0.4) is 0 Å². The average Bonchev–Trinajstić information content (AvgIpc) is 0.902. The first-order valence-electron chi connectivity index (χ1n) is 40.0. The van der Waals surface area contributed by atoms with E-state index in [1.54, 1.807) is 0 Å². The van der Waals surface area contributed by atoms with E-state index in [-0.39, 0.29) is 25.7 Å². The van der Waals surface area contributed by atoms with Crippen molar-refractivity contribution >= 4 is 39.5 Å². The standard InChI is InChI=1S/C87H140O17P2/c1-5-9-13-17-21-25-29-33-37-40-44-47-51-55-59-63-67-71-84(89)97-77-82(103-86(91)73-69-65-61-57-53-49-43-36-32-28-24-20-16-12-8-4)79-101-105(93,94)99-75-81(88)76-100-106(95,96)102-80-83(104-87(92)74-70-66-62-58-54-50-46-42-39-35-31-27-23-19-15-11-7-3)78-98-85(90)72-68-64-60-56-52-48-45-41-38-34-30-26-22-18-14-10-6-2/h9-11,13-15,21-28,33-39,43,45-46,48,50,56,58,60,62,81-83,88H,5-8,12,16-20,29-32,40-42,44,47,49,51-55,57,59,61,63-80H2,1-4H3,(H,93,94)(H,95,96)/b13-9-,14-10-,15-11-,25-21-,26-22-,27-23-,28-24-,37-33-,38-34-,39-35-,43-36-,48-45-,50-46-,60-56-,62-58-. The maximum absolute atomic E-state index is 13.1. The topological polar surface area (TPSA) is 237 Å². The summed E-state index contributed by atoms with van der Waals surface area (Å²) in [6.45, 7) is 4.33. The SMILES string of the molecule is CC/C=C\C/C=C\C/C=C\C/C=C\C/C=C\CCCC(=O)OCC(COP(=O)(O)OCC(O)COP(=O)(O)OCC(COC(=O)CCCCCCCCC/C=C\C/C=C\C/C=C\CC)OC(=O)CCCCCCC/C=C\C/C=C\CCCCC)OC(=O)CCC/C=C\C/C=C\C/C=C\C/C=C\C/C=C\CC. The monoisotopic (exact) mass is 1520 g/mol. The molecule has 106 heavy (non-hydrogen) atoms. The minimum Gasteiger partial charge on any atom is -0.462 e. The molecule has 0 spiro atoms. The van der Waals surface area contributed by atoms with Gasteiger partial charge in [-0.05, 0) is 167 Å². The van der Waals surface area contributed by atoms with Crippen LogP contribution < -0.4 is 0 Å². The van der Waals surface area contributed by atoms with E-state index in [9.17, 15) is 43.2 Å². The minimum atomic E-state index is -5.02. The molecular weight excluding hydrogens is 1380 g/mol. The molecule has 0 aliphatic heterocycles. The summed E-state index contributed by atoms with van der Waals surface area (Å²) in [6.07, 6.45) is 93.1. The highest BCUT2D eigenvalue weighted by Crippen LogP contribution is 2.45. The summed E-state index contributed by atoms with van der Waals surface area (Å²) in [4.78, 5) is 73.0. The Morgan fingerprint density at radius 2 is 0.500 bits per heavy atom. The van der Waals surface area contributed by atoms with Gasteiger partial charge in [0.2, 0.25) is 0 Å². The molecule has 0 saturated heterocycles. The van der Waals surface area contributed by atoms with Crippen LogP contribution in [0.5, 0.6) is 0 Å². The molecule has 600 valence electrons. The smallest absolute Gasteiger partial charge is 0.462 e. The van der Waals surface area contributed by atoms with Gasteiger partial charge in [0, 0.05) is 25.7 Å². The summed E-state index contributed by atoms with van der Waals surface area (Å²) in [5, 5.41) is 10.6. The predicted molar refractivity (Wildman–Crippen MR) is 436 cm³/mol. The number of ether oxygens (including phenoxy) is 4. The Balaban J connectivity index is 5.51. The lowest BCUT2D eigenvalue weighted by Crippen LogP contribution is -2.30. The predicted octanol–water partition coefficient (Wildman–Crippen LogP) is 23.6. The van der Waals surface area contributed by atoms with Crippen LogP contribution in [-0.2, 0) is 65.4 Å². The van der Waals surface area contributed by atoms with Gasteiger partial charge >= 0.3 is 39.5 Å². The maximum Gasteiger partial charge on any atom is 0.472 e. The summed E-state index contributed by atoms with van der Waals surface area (Å²) >= 11 is 0. The molecule has 3 N–H and O–H groups in total. The van der Waals surface area contributed by atoms with Crippen LogP contribution in [0.1, 0.15) is 285 Å². The zero-order valence-electron chi connectivity index (χ0n) is 65.5. The Hall–Kier alpha value is -5.84. The van der Waals surface area contributed by atoms with Crippen LogP contribution in [0.4, 0.5) is 0 Å². The fourth-order valence-electron chi connectivity index (χ4n) is 9.86. The van der Waals surface area contributed by atoms with Crippen LogP contribution in [0.2, 0.25) is 0 Å². The van der Waals surface area contributed by atoms with Crippen LogP contribution >= 0.6 is 15.6 Å². The van der Waals surface area contributed by atoms with Gasteiger partial charge in [-0.1, -0.05) is 274 Å². The van der Waals surface area contributed by atoms with E-state index in [0.29, 0.717) is 38.5 Å². The zero-order chi connectivity index (χ0) is 77.4. The van der Waals surface area contributed by atoms with Gasteiger partial charge in [-0.2, -0.15) is 0 Å². The van der Waals surface area contributed by atoms with Gasteiger partial charge in [-0.3, -0.25) is 37.3 Å². The molecule has 0 saturated carbocycles.